The molecule has 1 aromatic heterocycles. The molecule has 4 heteroatoms. The average molecular weight is 278 g/mol. The van der Waals surface area contributed by atoms with Crippen LogP contribution in [-0.2, 0) is 0 Å². The van der Waals surface area contributed by atoms with Crippen molar-refractivity contribution in [3.63, 3.8) is 0 Å². The van der Waals surface area contributed by atoms with Crippen LogP contribution in [0, 0.1) is 0 Å². The van der Waals surface area contributed by atoms with Gasteiger partial charge < -0.3 is 11.1 Å². The maximum Gasteiger partial charge on any atom is 0.134 e. The fourth-order valence-electron chi connectivity index (χ4n) is 1.54. The zero-order valence-electron chi connectivity index (χ0n) is 8.70. The molecule has 0 fully saturated rings. The van der Waals surface area contributed by atoms with E-state index in [0.717, 1.165) is 26.8 Å². The minimum atomic E-state index is 0.689. The number of nitrogens with two attached hydrogens (primary N) is 1. The molecule has 0 amide bonds. The molecule has 0 atom stereocenters. The Bertz CT molecular complexity index is 537. The number of aromatic nitrogens is 1. The number of rotatable bonds is 3. The summed E-state index contributed by atoms with van der Waals surface area (Å²) in [4.78, 5) is 4.33. The standard InChI is InChI=1S/C12H12BrN3/c1-2-5-15-12-9-4-3-8(14)6-10(9)11(13)7-16-12/h2-4,6-7H,1,5,14H2,(H,15,16). The Morgan fingerprint density at radius 2 is 2.25 bits per heavy atom. The fourth-order valence-corrected chi connectivity index (χ4v) is 1.97. The van der Waals surface area contributed by atoms with E-state index in [0.29, 0.717) is 6.54 Å². The van der Waals surface area contributed by atoms with Crippen LogP contribution >= 0.6 is 15.9 Å². The van der Waals surface area contributed by atoms with E-state index in [9.17, 15) is 0 Å². The molecule has 3 N–H and O–H groups in total. The van der Waals surface area contributed by atoms with E-state index in [1.165, 1.54) is 0 Å². The molecule has 82 valence electrons. The van der Waals surface area contributed by atoms with Gasteiger partial charge in [-0.25, -0.2) is 4.98 Å². The topological polar surface area (TPSA) is 50.9 Å². The second kappa shape index (κ2) is 4.53. The summed E-state index contributed by atoms with van der Waals surface area (Å²) in [7, 11) is 0. The second-order valence-corrected chi connectivity index (χ2v) is 4.28. The molecule has 0 aliphatic rings. The van der Waals surface area contributed by atoms with Crippen molar-refractivity contribution in [1.29, 1.82) is 0 Å². The molecule has 1 heterocycles. The van der Waals surface area contributed by atoms with Crippen LogP contribution < -0.4 is 11.1 Å². The van der Waals surface area contributed by atoms with Gasteiger partial charge in [0.15, 0.2) is 0 Å². The number of hydrogen-bond donors (Lipinski definition) is 2. The van der Waals surface area contributed by atoms with Crippen LogP contribution in [0.2, 0.25) is 0 Å². The Labute approximate surface area is 102 Å². The molecule has 0 radical (unpaired) electrons. The summed E-state index contributed by atoms with van der Waals surface area (Å²) in [5.41, 5.74) is 6.51. The Hall–Kier alpha value is -1.55. The lowest BCUT2D eigenvalue weighted by Gasteiger charge is -2.08. The van der Waals surface area contributed by atoms with Crippen LogP contribution in [0.1, 0.15) is 0 Å². The normalized spacial score (nSPS) is 10.3. The second-order valence-electron chi connectivity index (χ2n) is 3.43. The summed E-state index contributed by atoms with van der Waals surface area (Å²) < 4.78 is 0.943. The van der Waals surface area contributed by atoms with E-state index in [2.05, 4.69) is 32.8 Å². The summed E-state index contributed by atoms with van der Waals surface area (Å²) in [5.74, 6) is 0.845. The van der Waals surface area contributed by atoms with Crippen molar-refractivity contribution in [2.45, 2.75) is 0 Å². The van der Waals surface area contributed by atoms with Gasteiger partial charge in [-0.15, -0.1) is 6.58 Å². The smallest absolute Gasteiger partial charge is 0.134 e. The molecular formula is C12H12BrN3. The van der Waals surface area contributed by atoms with Gasteiger partial charge in [0.1, 0.15) is 5.82 Å². The van der Waals surface area contributed by atoms with E-state index in [-0.39, 0.29) is 0 Å². The van der Waals surface area contributed by atoms with Gasteiger partial charge in [-0.05, 0) is 34.1 Å². The van der Waals surface area contributed by atoms with Gasteiger partial charge in [0.05, 0.1) is 0 Å². The van der Waals surface area contributed by atoms with Gasteiger partial charge in [-0.3, -0.25) is 0 Å². The molecule has 3 nitrogen and oxygen atoms in total. The Morgan fingerprint density at radius 3 is 3.00 bits per heavy atom. The third-order valence-electron chi connectivity index (χ3n) is 2.28. The van der Waals surface area contributed by atoms with Gasteiger partial charge in [-0.2, -0.15) is 0 Å². The molecule has 0 saturated carbocycles. The summed E-state index contributed by atoms with van der Waals surface area (Å²) in [6, 6.07) is 5.77. The van der Waals surface area contributed by atoms with Gasteiger partial charge >= 0.3 is 0 Å². The first-order chi connectivity index (χ1) is 7.72. The Morgan fingerprint density at radius 1 is 1.44 bits per heavy atom. The van der Waals surface area contributed by atoms with E-state index >= 15 is 0 Å². The van der Waals surface area contributed by atoms with Crippen LogP contribution in [0.3, 0.4) is 0 Å². The summed E-state index contributed by atoms with van der Waals surface area (Å²) >= 11 is 3.47. The third-order valence-corrected chi connectivity index (χ3v) is 2.91. The van der Waals surface area contributed by atoms with Gasteiger partial charge in [0.25, 0.3) is 0 Å². The summed E-state index contributed by atoms with van der Waals surface area (Å²) in [6.07, 6.45) is 3.57. The Balaban J connectivity index is 2.59. The minimum absolute atomic E-state index is 0.689. The lowest BCUT2D eigenvalue weighted by atomic mass is 10.1. The number of nitrogen functional groups attached to an aromatic ring is 1. The molecule has 2 rings (SSSR count). The third kappa shape index (κ3) is 2.02. The number of nitrogens with zero attached hydrogens (tertiary/aromatic N) is 1. The summed E-state index contributed by atoms with van der Waals surface area (Å²) in [5, 5.41) is 5.30. The number of anilines is 2. The van der Waals surface area contributed by atoms with Crippen molar-refractivity contribution in [2.24, 2.45) is 0 Å². The fraction of sp³-hybridized carbons (Fsp3) is 0.0833. The predicted molar refractivity (Wildman–Crippen MR) is 72.5 cm³/mol. The van der Waals surface area contributed by atoms with Gasteiger partial charge in [0.2, 0.25) is 0 Å². The number of halogens is 1. The van der Waals surface area contributed by atoms with Crippen molar-refractivity contribution < 1.29 is 0 Å². The van der Waals surface area contributed by atoms with Crippen LogP contribution in [0.15, 0.2) is 41.5 Å². The minimum Gasteiger partial charge on any atom is -0.399 e. The van der Waals surface area contributed by atoms with Crippen LogP contribution in [0.25, 0.3) is 10.8 Å². The van der Waals surface area contributed by atoms with Crippen LogP contribution in [0.4, 0.5) is 11.5 Å². The van der Waals surface area contributed by atoms with E-state index in [1.54, 1.807) is 12.3 Å². The molecule has 0 saturated heterocycles. The highest BCUT2D eigenvalue weighted by Gasteiger charge is 2.05. The zero-order valence-corrected chi connectivity index (χ0v) is 10.3. The lowest BCUT2D eigenvalue weighted by Crippen LogP contribution is -2.01. The average Bonchev–Trinajstić information content (AvgIpc) is 2.29. The SMILES string of the molecule is C=CCNc1ncc(Br)c2cc(N)ccc12. The lowest BCUT2D eigenvalue weighted by molar-refractivity contribution is 1.24. The highest BCUT2D eigenvalue weighted by Crippen LogP contribution is 2.29. The molecule has 0 spiro atoms. The van der Waals surface area contributed by atoms with E-state index < -0.39 is 0 Å². The predicted octanol–water partition coefficient (Wildman–Crippen LogP) is 3.18. The molecule has 0 aliphatic heterocycles. The Kier molecular flexibility index (Phi) is 3.10. The van der Waals surface area contributed by atoms with Gasteiger partial charge in [0, 0.05) is 33.7 Å². The molecule has 0 unspecified atom stereocenters. The first-order valence-electron chi connectivity index (χ1n) is 4.91. The maximum atomic E-state index is 5.77. The first-order valence-corrected chi connectivity index (χ1v) is 5.70. The molecular weight excluding hydrogens is 266 g/mol. The number of benzene rings is 1. The summed E-state index contributed by atoms with van der Waals surface area (Å²) in [6.45, 7) is 4.36. The molecule has 1 aromatic carbocycles. The first kappa shape index (κ1) is 11.0. The monoisotopic (exact) mass is 277 g/mol. The van der Waals surface area contributed by atoms with Crippen molar-refractivity contribution in [2.75, 3.05) is 17.6 Å². The molecule has 16 heavy (non-hydrogen) atoms. The highest BCUT2D eigenvalue weighted by molar-refractivity contribution is 9.10. The van der Waals surface area contributed by atoms with Crippen molar-refractivity contribution >= 4 is 38.2 Å². The number of hydrogen-bond acceptors (Lipinski definition) is 3. The van der Waals surface area contributed by atoms with Crippen LogP contribution in [0.5, 0.6) is 0 Å². The van der Waals surface area contributed by atoms with E-state index in [1.807, 2.05) is 18.2 Å². The maximum absolute atomic E-state index is 5.77. The zero-order chi connectivity index (χ0) is 11.5. The van der Waals surface area contributed by atoms with Crippen LogP contribution in [-0.4, -0.2) is 11.5 Å². The quantitative estimate of drug-likeness (QED) is 0.669. The van der Waals surface area contributed by atoms with Crippen molar-refractivity contribution in [3.8, 4) is 0 Å². The number of fused-ring (bicyclic) bond motifs is 1. The van der Waals surface area contributed by atoms with Crippen molar-refractivity contribution in [3.05, 3.63) is 41.5 Å². The molecule has 0 aliphatic carbocycles. The number of nitrogens with one attached hydrogen (secondary N) is 1. The number of pyridine rings is 1. The van der Waals surface area contributed by atoms with Crippen molar-refractivity contribution in [1.82, 2.24) is 4.98 Å². The largest absolute Gasteiger partial charge is 0.399 e. The van der Waals surface area contributed by atoms with E-state index in [4.69, 9.17) is 5.73 Å². The molecule has 0 bridgehead atoms. The van der Waals surface area contributed by atoms with Gasteiger partial charge in [-0.1, -0.05) is 6.08 Å². The molecule has 2 aromatic rings. The highest BCUT2D eigenvalue weighted by atomic mass is 79.9.